The molecule has 0 radical (unpaired) electrons. The van der Waals surface area contributed by atoms with Crippen molar-refractivity contribution >= 4 is 29.6 Å². The number of halogens is 1. The van der Waals surface area contributed by atoms with E-state index in [4.69, 9.17) is 16.3 Å². The van der Waals surface area contributed by atoms with Gasteiger partial charge in [-0.05, 0) is 54.5 Å². The number of nitrogens with zero attached hydrogens (tertiary/aromatic N) is 2. The molecule has 2 heterocycles. The van der Waals surface area contributed by atoms with Crippen LogP contribution < -0.4 is 15.6 Å². The van der Waals surface area contributed by atoms with Crippen molar-refractivity contribution in [1.82, 2.24) is 20.0 Å². The molecular weight excluding hydrogens is 432 g/mol. The van der Waals surface area contributed by atoms with Gasteiger partial charge in [-0.1, -0.05) is 30.7 Å². The summed E-state index contributed by atoms with van der Waals surface area (Å²) in [6.45, 7) is 1.97. The molecule has 1 aliphatic heterocycles. The number of ether oxygens (including phenoxy) is 1. The van der Waals surface area contributed by atoms with Gasteiger partial charge in [0.05, 0.1) is 24.9 Å². The van der Waals surface area contributed by atoms with Crippen molar-refractivity contribution in [2.45, 2.75) is 19.9 Å². The smallest absolute Gasteiger partial charge is 0.329 e. The van der Waals surface area contributed by atoms with Gasteiger partial charge in [0.2, 0.25) is 0 Å². The minimum Gasteiger partial charge on any atom is -0.497 e. The molecule has 0 spiro atoms. The van der Waals surface area contributed by atoms with Crippen molar-refractivity contribution in [2.24, 2.45) is 0 Å². The topological polar surface area (TPSA) is 96.4 Å². The molecule has 1 aromatic heterocycles. The van der Waals surface area contributed by atoms with Crippen LogP contribution >= 0.6 is 11.6 Å². The van der Waals surface area contributed by atoms with Crippen molar-refractivity contribution in [3.05, 3.63) is 86.4 Å². The first-order valence-electron chi connectivity index (χ1n) is 9.98. The predicted octanol–water partition coefficient (Wildman–Crippen LogP) is 3.48. The highest BCUT2D eigenvalue weighted by molar-refractivity contribution is 6.30. The van der Waals surface area contributed by atoms with E-state index in [-0.39, 0.29) is 17.8 Å². The third-order valence-electron chi connectivity index (χ3n) is 5.17. The van der Waals surface area contributed by atoms with E-state index in [0.29, 0.717) is 34.1 Å². The number of carbonyl (C=O) groups excluding carboxylic acids is 2. The quantitative estimate of drug-likeness (QED) is 0.442. The first kappa shape index (κ1) is 21.5. The summed E-state index contributed by atoms with van der Waals surface area (Å²) >= 11 is 6.00. The van der Waals surface area contributed by atoms with Gasteiger partial charge in [-0.15, -0.1) is 0 Å². The Kier molecular flexibility index (Phi) is 5.87. The molecule has 8 nitrogen and oxygen atoms in total. The van der Waals surface area contributed by atoms with Crippen LogP contribution in [0, 0.1) is 0 Å². The van der Waals surface area contributed by atoms with Crippen molar-refractivity contribution < 1.29 is 14.3 Å². The lowest BCUT2D eigenvalue weighted by Gasteiger charge is -2.11. The van der Waals surface area contributed by atoms with E-state index in [1.165, 1.54) is 10.8 Å². The maximum Gasteiger partial charge on any atom is 0.329 e. The minimum atomic E-state index is -0.551. The summed E-state index contributed by atoms with van der Waals surface area (Å²) in [5.41, 5.74) is 2.03. The number of carbonyl (C=O) groups is 2. The van der Waals surface area contributed by atoms with Crippen LogP contribution in [-0.4, -0.2) is 33.7 Å². The van der Waals surface area contributed by atoms with Crippen molar-refractivity contribution in [3.8, 4) is 11.4 Å². The fraction of sp³-hybridized carbons (Fsp3) is 0.174. The number of H-pyrrole nitrogens is 1. The van der Waals surface area contributed by atoms with Gasteiger partial charge in [0.1, 0.15) is 11.4 Å². The molecule has 0 unspecified atom stereocenters. The molecule has 0 bridgehead atoms. The maximum atomic E-state index is 13.1. The average molecular weight is 453 g/mol. The van der Waals surface area contributed by atoms with Crippen LogP contribution in [0.5, 0.6) is 5.75 Å². The largest absolute Gasteiger partial charge is 0.497 e. The molecule has 1 fully saturated rings. The van der Waals surface area contributed by atoms with Gasteiger partial charge in [0.15, 0.2) is 0 Å². The van der Waals surface area contributed by atoms with Gasteiger partial charge < -0.3 is 10.1 Å². The lowest BCUT2D eigenvalue weighted by Crippen LogP contribution is -2.30. The molecule has 4 rings (SSSR count). The highest BCUT2D eigenvalue weighted by Crippen LogP contribution is 2.20. The van der Waals surface area contributed by atoms with Crippen LogP contribution in [0.15, 0.2) is 59.0 Å². The number of rotatable bonds is 6. The number of aromatic nitrogens is 2. The molecule has 3 aromatic rings. The van der Waals surface area contributed by atoms with Gasteiger partial charge >= 0.3 is 6.03 Å². The Morgan fingerprint density at radius 3 is 2.50 bits per heavy atom. The van der Waals surface area contributed by atoms with Crippen LogP contribution in [-0.2, 0) is 17.8 Å². The molecule has 9 heteroatoms. The zero-order valence-corrected chi connectivity index (χ0v) is 18.3. The summed E-state index contributed by atoms with van der Waals surface area (Å²) in [5, 5.41) is 6.16. The number of imide groups is 1. The van der Waals surface area contributed by atoms with Gasteiger partial charge in [-0.25, -0.2) is 9.48 Å². The van der Waals surface area contributed by atoms with E-state index in [1.54, 1.807) is 55.6 Å². The van der Waals surface area contributed by atoms with Crippen LogP contribution in [0.25, 0.3) is 11.8 Å². The second-order valence-corrected chi connectivity index (χ2v) is 7.64. The Balaban J connectivity index is 1.66. The van der Waals surface area contributed by atoms with Crippen molar-refractivity contribution in [2.75, 3.05) is 7.11 Å². The lowest BCUT2D eigenvalue weighted by atomic mass is 10.1. The third kappa shape index (κ3) is 4.04. The van der Waals surface area contributed by atoms with Crippen LogP contribution in [0.3, 0.4) is 0 Å². The fourth-order valence-corrected chi connectivity index (χ4v) is 3.72. The van der Waals surface area contributed by atoms with Gasteiger partial charge in [-0.3, -0.25) is 19.6 Å². The molecule has 0 atom stereocenters. The van der Waals surface area contributed by atoms with Gasteiger partial charge in [-0.2, -0.15) is 0 Å². The Labute approximate surface area is 189 Å². The third-order valence-corrected chi connectivity index (χ3v) is 5.41. The molecular formula is C23H21ClN4O4. The zero-order chi connectivity index (χ0) is 22.8. The number of nitrogens with one attached hydrogen (secondary N) is 2. The second-order valence-electron chi connectivity index (χ2n) is 7.21. The first-order valence-corrected chi connectivity index (χ1v) is 10.4. The fourth-order valence-electron chi connectivity index (χ4n) is 3.50. The summed E-state index contributed by atoms with van der Waals surface area (Å²) in [7, 11) is 1.57. The number of urea groups is 1. The van der Waals surface area contributed by atoms with E-state index in [9.17, 15) is 14.4 Å². The number of aromatic amines is 1. The second kappa shape index (κ2) is 8.76. The Morgan fingerprint density at radius 1 is 1.09 bits per heavy atom. The Bertz CT molecular complexity index is 1270. The SMILES string of the molecule is CCc1[nH]n(-c2ccc(OC)cc2)c(=O)c1/C=C1\NC(=O)N(Cc2cccc(Cl)c2)C1=O. The average Bonchev–Trinajstić information content (AvgIpc) is 3.25. The first-order chi connectivity index (χ1) is 15.4. The van der Waals surface area contributed by atoms with E-state index >= 15 is 0 Å². The molecule has 164 valence electrons. The summed E-state index contributed by atoms with van der Waals surface area (Å²) in [6.07, 6.45) is 1.96. The van der Waals surface area contributed by atoms with Crippen molar-refractivity contribution in [3.63, 3.8) is 0 Å². The number of amides is 3. The molecule has 3 amide bonds. The Morgan fingerprint density at radius 2 is 1.84 bits per heavy atom. The molecule has 32 heavy (non-hydrogen) atoms. The number of hydrogen-bond donors (Lipinski definition) is 2. The maximum absolute atomic E-state index is 13.1. The highest BCUT2D eigenvalue weighted by Gasteiger charge is 2.34. The van der Waals surface area contributed by atoms with Crippen LogP contribution in [0.4, 0.5) is 4.79 Å². The summed E-state index contributed by atoms with van der Waals surface area (Å²) in [6, 6.07) is 13.4. The summed E-state index contributed by atoms with van der Waals surface area (Å²) < 4.78 is 6.56. The predicted molar refractivity (Wildman–Crippen MR) is 121 cm³/mol. The molecule has 2 aromatic carbocycles. The normalized spacial score (nSPS) is 14.8. The summed E-state index contributed by atoms with van der Waals surface area (Å²) in [5.74, 6) is 0.166. The summed E-state index contributed by atoms with van der Waals surface area (Å²) in [4.78, 5) is 39.5. The zero-order valence-electron chi connectivity index (χ0n) is 17.5. The molecule has 0 saturated carbocycles. The highest BCUT2D eigenvalue weighted by atomic mass is 35.5. The van der Waals surface area contributed by atoms with Crippen LogP contribution in [0.2, 0.25) is 5.02 Å². The van der Waals surface area contributed by atoms with Gasteiger partial charge in [0, 0.05) is 10.7 Å². The Hall–Kier alpha value is -3.78. The molecule has 2 N–H and O–H groups in total. The van der Waals surface area contributed by atoms with E-state index < -0.39 is 11.9 Å². The molecule has 1 aliphatic rings. The number of aryl methyl sites for hydroxylation is 1. The van der Waals surface area contributed by atoms with Gasteiger partial charge in [0.25, 0.3) is 11.5 Å². The van der Waals surface area contributed by atoms with E-state index in [1.807, 2.05) is 6.92 Å². The monoisotopic (exact) mass is 452 g/mol. The number of methoxy groups -OCH3 is 1. The van der Waals surface area contributed by atoms with E-state index in [0.717, 1.165) is 10.5 Å². The van der Waals surface area contributed by atoms with Crippen LogP contribution in [0.1, 0.15) is 23.7 Å². The number of hydrogen-bond acceptors (Lipinski definition) is 4. The number of benzene rings is 2. The molecule has 0 aliphatic carbocycles. The standard InChI is InChI=1S/C23H21ClN4O4/c1-3-19-18(21(29)28(26-19)16-7-9-17(32-2)10-8-16)12-20-22(30)27(23(31)25-20)13-14-5-4-6-15(24)11-14/h4-12,26H,3,13H2,1-2H3,(H,25,31)/b20-12-. The van der Waals surface area contributed by atoms with Crippen molar-refractivity contribution in [1.29, 1.82) is 0 Å². The minimum absolute atomic E-state index is 0.0460. The van der Waals surface area contributed by atoms with E-state index in [2.05, 4.69) is 10.4 Å². The lowest BCUT2D eigenvalue weighted by molar-refractivity contribution is -0.123. The molecule has 1 saturated heterocycles.